The van der Waals surface area contributed by atoms with Crippen LogP contribution in [0.4, 0.5) is 4.39 Å². The SMILES string of the molecule is Fc1ccccc1CNC1=NC(Cl)=NC2NC=NC12. The molecule has 0 bridgehead atoms. The molecule has 2 aliphatic heterocycles. The number of amidine groups is 2. The molecule has 5 nitrogen and oxygen atoms in total. The average Bonchev–Trinajstić information content (AvgIpc) is 2.85. The number of halogens is 2. The van der Waals surface area contributed by atoms with Gasteiger partial charge >= 0.3 is 0 Å². The monoisotopic (exact) mass is 279 g/mol. The molecule has 3 rings (SSSR count). The van der Waals surface area contributed by atoms with Crippen molar-refractivity contribution in [2.45, 2.75) is 18.8 Å². The molecule has 2 N–H and O–H groups in total. The average molecular weight is 280 g/mol. The molecule has 1 aromatic carbocycles. The maximum Gasteiger partial charge on any atom is 0.221 e. The fourth-order valence-electron chi connectivity index (χ4n) is 1.98. The van der Waals surface area contributed by atoms with Gasteiger partial charge in [-0.2, -0.15) is 0 Å². The molecule has 19 heavy (non-hydrogen) atoms. The Hall–Kier alpha value is -1.95. The van der Waals surface area contributed by atoms with Gasteiger partial charge in [-0.05, 0) is 17.7 Å². The van der Waals surface area contributed by atoms with Crippen molar-refractivity contribution in [1.82, 2.24) is 10.6 Å². The molecular formula is C12H11ClFN5. The van der Waals surface area contributed by atoms with Crippen LogP contribution in [0.5, 0.6) is 0 Å². The largest absolute Gasteiger partial charge is 0.367 e. The molecule has 0 fully saturated rings. The molecule has 2 heterocycles. The Bertz CT molecular complexity index is 583. The third-order valence-electron chi connectivity index (χ3n) is 2.94. The molecule has 0 aliphatic carbocycles. The smallest absolute Gasteiger partial charge is 0.221 e. The maximum absolute atomic E-state index is 13.5. The van der Waals surface area contributed by atoms with Crippen LogP contribution < -0.4 is 10.6 Å². The molecule has 2 unspecified atom stereocenters. The molecule has 0 spiro atoms. The zero-order valence-corrected chi connectivity index (χ0v) is 10.6. The van der Waals surface area contributed by atoms with Crippen molar-refractivity contribution in [2.24, 2.45) is 15.0 Å². The van der Waals surface area contributed by atoms with E-state index in [1.165, 1.54) is 6.07 Å². The van der Waals surface area contributed by atoms with E-state index in [9.17, 15) is 4.39 Å². The van der Waals surface area contributed by atoms with Gasteiger partial charge in [0.05, 0.1) is 6.34 Å². The maximum atomic E-state index is 13.5. The fraction of sp³-hybridized carbons (Fsp3) is 0.250. The van der Waals surface area contributed by atoms with E-state index in [0.717, 1.165) is 0 Å². The van der Waals surface area contributed by atoms with Crippen molar-refractivity contribution in [1.29, 1.82) is 0 Å². The number of nitrogens with zero attached hydrogens (tertiary/aromatic N) is 3. The van der Waals surface area contributed by atoms with Crippen LogP contribution in [0.2, 0.25) is 0 Å². The van der Waals surface area contributed by atoms with Crippen LogP contribution in [0.3, 0.4) is 0 Å². The number of hydrogen-bond acceptors (Lipinski definition) is 5. The molecule has 1 aromatic rings. The second-order valence-corrected chi connectivity index (χ2v) is 4.51. The number of nitrogens with one attached hydrogen (secondary N) is 2. The molecule has 2 aliphatic rings. The van der Waals surface area contributed by atoms with E-state index >= 15 is 0 Å². The van der Waals surface area contributed by atoms with Crippen LogP contribution in [-0.4, -0.2) is 29.7 Å². The highest BCUT2D eigenvalue weighted by Crippen LogP contribution is 2.14. The summed E-state index contributed by atoms with van der Waals surface area (Å²) in [6, 6.07) is 6.35. The minimum Gasteiger partial charge on any atom is -0.367 e. The molecule has 0 radical (unpaired) electrons. The van der Waals surface area contributed by atoms with E-state index in [1.807, 2.05) is 0 Å². The molecule has 0 saturated heterocycles. The lowest BCUT2D eigenvalue weighted by Gasteiger charge is -2.21. The van der Waals surface area contributed by atoms with Gasteiger partial charge in [-0.15, -0.1) is 0 Å². The van der Waals surface area contributed by atoms with Crippen molar-refractivity contribution >= 4 is 29.1 Å². The molecule has 7 heteroatoms. The van der Waals surface area contributed by atoms with Gasteiger partial charge in [0.15, 0.2) is 6.17 Å². The third kappa shape index (κ3) is 2.44. The Kier molecular flexibility index (Phi) is 3.16. The molecule has 0 amide bonds. The van der Waals surface area contributed by atoms with Crippen molar-refractivity contribution < 1.29 is 4.39 Å². The van der Waals surface area contributed by atoms with E-state index in [0.29, 0.717) is 17.9 Å². The van der Waals surface area contributed by atoms with Crippen LogP contribution >= 0.6 is 11.6 Å². The van der Waals surface area contributed by atoms with Gasteiger partial charge < -0.3 is 10.6 Å². The van der Waals surface area contributed by atoms with Gasteiger partial charge in [-0.25, -0.2) is 14.4 Å². The number of rotatable bonds is 2. The Labute approximate surface area is 114 Å². The summed E-state index contributed by atoms with van der Waals surface area (Å²) in [7, 11) is 0. The highest BCUT2D eigenvalue weighted by Gasteiger charge is 2.32. The summed E-state index contributed by atoms with van der Waals surface area (Å²) in [5, 5.41) is 6.20. The first-order chi connectivity index (χ1) is 9.24. The summed E-state index contributed by atoms with van der Waals surface area (Å²) in [5.74, 6) is 0.338. The van der Waals surface area contributed by atoms with Crippen molar-refractivity contribution in [3.05, 3.63) is 35.6 Å². The van der Waals surface area contributed by atoms with Crippen LogP contribution in [0.25, 0.3) is 0 Å². The molecule has 98 valence electrons. The van der Waals surface area contributed by atoms with E-state index in [1.54, 1.807) is 24.5 Å². The summed E-state index contributed by atoms with van der Waals surface area (Å²) < 4.78 is 13.5. The van der Waals surface area contributed by atoms with Crippen molar-refractivity contribution in [3.8, 4) is 0 Å². The van der Waals surface area contributed by atoms with Gasteiger partial charge in [0.25, 0.3) is 0 Å². The molecular weight excluding hydrogens is 269 g/mol. The Morgan fingerprint density at radius 1 is 1.37 bits per heavy atom. The highest BCUT2D eigenvalue weighted by molar-refractivity contribution is 6.65. The van der Waals surface area contributed by atoms with Gasteiger partial charge in [0.2, 0.25) is 5.29 Å². The van der Waals surface area contributed by atoms with E-state index in [2.05, 4.69) is 25.6 Å². The summed E-state index contributed by atoms with van der Waals surface area (Å²) >= 11 is 5.84. The van der Waals surface area contributed by atoms with Gasteiger partial charge in [0, 0.05) is 12.1 Å². The zero-order valence-electron chi connectivity index (χ0n) is 9.85. The van der Waals surface area contributed by atoms with Crippen molar-refractivity contribution in [3.63, 3.8) is 0 Å². The number of hydrogen-bond donors (Lipinski definition) is 2. The minimum absolute atomic E-state index is 0.162. The van der Waals surface area contributed by atoms with Crippen LogP contribution in [0, 0.1) is 5.82 Å². The fourth-order valence-corrected chi connectivity index (χ4v) is 2.18. The van der Waals surface area contributed by atoms with E-state index in [4.69, 9.17) is 11.6 Å². The topological polar surface area (TPSA) is 61.1 Å². The predicted octanol–water partition coefficient (Wildman–Crippen LogP) is 1.25. The standard InChI is InChI=1S/C12H11ClFN5/c13-12-18-10(9-11(19-12)17-6-16-9)15-5-7-3-1-2-4-8(7)14/h1-4,6,9,11H,5H2,(H,16,17)(H,15,18,19). The first kappa shape index (κ1) is 12.1. The second kappa shape index (κ2) is 4.97. The molecule has 0 aromatic heterocycles. The zero-order chi connectivity index (χ0) is 13.2. The van der Waals surface area contributed by atoms with E-state index < -0.39 is 0 Å². The first-order valence-corrected chi connectivity index (χ1v) is 6.19. The number of aliphatic imine (C=N–C) groups is 3. The summed E-state index contributed by atoms with van der Waals surface area (Å²) in [5.41, 5.74) is 0.565. The van der Waals surface area contributed by atoms with Crippen molar-refractivity contribution in [2.75, 3.05) is 0 Å². The highest BCUT2D eigenvalue weighted by atomic mass is 35.5. The Morgan fingerprint density at radius 3 is 3.05 bits per heavy atom. The van der Waals surface area contributed by atoms with Gasteiger partial charge in [-0.3, -0.25) is 4.99 Å². The lowest BCUT2D eigenvalue weighted by Crippen LogP contribution is -2.45. The molecule has 0 saturated carbocycles. The Balaban J connectivity index is 1.74. The van der Waals surface area contributed by atoms with Crippen LogP contribution in [0.15, 0.2) is 39.2 Å². The van der Waals surface area contributed by atoms with Crippen LogP contribution in [0.1, 0.15) is 5.56 Å². The lowest BCUT2D eigenvalue weighted by atomic mass is 10.2. The quantitative estimate of drug-likeness (QED) is 0.801. The van der Waals surface area contributed by atoms with E-state index in [-0.39, 0.29) is 23.3 Å². The summed E-state index contributed by atoms with van der Waals surface area (Å²) in [6.07, 6.45) is 1.35. The molecule has 2 atom stereocenters. The summed E-state index contributed by atoms with van der Waals surface area (Å²) in [6.45, 7) is 0.328. The van der Waals surface area contributed by atoms with Crippen LogP contribution in [-0.2, 0) is 6.54 Å². The summed E-state index contributed by atoms with van der Waals surface area (Å²) in [4.78, 5) is 12.4. The van der Waals surface area contributed by atoms with Gasteiger partial charge in [-0.1, -0.05) is 18.2 Å². The normalized spacial score (nSPS) is 24.3. The first-order valence-electron chi connectivity index (χ1n) is 5.81. The minimum atomic E-state index is -0.254. The predicted molar refractivity (Wildman–Crippen MR) is 73.2 cm³/mol. The second-order valence-electron chi connectivity index (χ2n) is 4.17. The number of benzene rings is 1. The Morgan fingerprint density at radius 2 is 2.21 bits per heavy atom. The van der Waals surface area contributed by atoms with Gasteiger partial charge in [0.1, 0.15) is 17.7 Å². The lowest BCUT2D eigenvalue weighted by molar-refractivity contribution is 0.596. The third-order valence-corrected chi connectivity index (χ3v) is 3.12. The number of fused-ring (bicyclic) bond motifs is 1.